The average molecular weight is 577 g/mol. The van der Waals surface area contributed by atoms with Gasteiger partial charge in [-0.1, -0.05) is 72.8 Å². The number of rotatable bonds is 8. The van der Waals surface area contributed by atoms with Crippen molar-refractivity contribution in [1.82, 2.24) is 10.6 Å². The van der Waals surface area contributed by atoms with E-state index < -0.39 is 11.9 Å². The van der Waals surface area contributed by atoms with E-state index in [9.17, 15) is 19.2 Å². The second kappa shape index (κ2) is 18.0. The minimum atomic E-state index is -1.06. The van der Waals surface area contributed by atoms with Gasteiger partial charge in [0.1, 0.15) is 13.1 Å². The van der Waals surface area contributed by atoms with Gasteiger partial charge in [-0.05, 0) is 71.5 Å². The average Bonchev–Trinajstić information content (AvgIpc) is 2.99. The summed E-state index contributed by atoms with van der Waals surface area (Å²) in [6.45, 7) is 3.38. The first-order valence-corrected chi connectivity index (χ1v) is 12.9. The molecular formula is C33H33LiN2O7. The number of benzene rings is 4. The van der Waals surface area contributed by atoms with Crippen LogP contribution >= 0.6 is 0 Å². The summed E-state index contributed by atoms with van der Waals surface area (Å²) < 4.78 is 4.48. The van der Waals surface area contributed by atoms with E-state index in [1.54, 1.807) is 18.2 Å². The number of hydrogen-bond donors (Lipinski definition) is 3. The van der Waals surface area contributed by atoms with Gasteiger partial charge >= 0.3 is 30.8 Å². The maximum atomic E-state index is 11.9. The predicted molar refractivity (Wildman–Crippen MR) is 159 cm³/mol. The van der Waals surface area contributed by atoms with Gasteiger partial charge in [-0.25, -0.2) is 0 Å². The Hall–Kier alpha value is -4.68. The molecule has 10 heteroatoms. The first-order chi connectivity index (χ1) is 19.7. The normalized spacial score (nSPS) is 9.56. The summed E-state index contributed by atoms with van der Waals surface area (Å²) in [7, 11) is 1.29. The van der Waals surface area contributed by atoms with Crippen LogP contribution in [0.3, 0.4) is 0 Å². The molecule has 0 radical (unpaired) electrons. The fourth-order valence-corrected chi connectivity index (χ4v) is 4.08. The summed E-state index contributed by atoms with van der Waals surface area (Å²) in [5, 5.41) is 13.4. The Bertz CT molecular complexity index is 1530. The molecule has 4 N–H and O–H groups in total. The quantitative estimate of drug-likeness (QED) is 0.214. The van der Waals surface area contributed by atoms with Crippen molar-refractivity contribution in [2.75, 3.05) is 20.2 Å². The smallest absolute Gasteiger partial charge is 0.870 e. The van der Waals surface area contributed by atoms with Crippen LogP contribution < -0.4 is 29.5 Å². The summed E-state index contributed by atoms with van der Waals surface area (Å²) in [4.78, 5) is 45.2. The molecule has 4 rings (SSSR count). The Morgan fingerprint density at radius 3 is 1.40 bits per heavy atom. The zero-order chi connectivity index (χ0) is 29.8. The van der Waals surface area contributed by atoms with Crippen LogP contribution in [0.2, 0.25) is 0 Å². The van der Waals surface area contributed by atoms with Crippen LogP contribution in [0.25, 0.3) is 22.3 Å². The summed E-state index contributed by atoms with van der Waals surface area (Å²) in [6.07, 6.45) is 0. The summed E-state index contributed by atoms with van der Waals surface area (Å²) in [5.41, 5.74) is 7.30. The number of aryl methyl sites for hydroxylation is 2. The van der Waals surface area contributed by atoms with E-state index in [1.807, 2.05) is 92.7 Å². The molecule has 0 heterocycles. The fraction of sp³-hybridized carbons (Fsp3) is 0.152. The Balaban J connectivity index is 0.000000411. The van der Waals surface area contributed by atoms with Crippen LogP contribution in [-0.4, -0.2) is 54.5 Å². The molecule has 2 amide bonds. The number of esters is 1. The van der Waals surface area contributed by atoms with Gasteiger partial charge in [0.15, 0.2) is 0 Å². The number of aliphatic carboxylic acids is 1. The molecule has 0 aliphatic carbocycles. The van der Waals surface area contributed by atoms with Crippen molar-refractivity contribution in [1.29, 1.82) is 0 Å². The minimum Gasteiger partial charge on any atom is -0.870 e. The molecule has 0 unspecified atom stereocenters. The third kappa shape index (κ3) is 10.9. The third-order valence-electron chi connectivity index (χ3n) is 6.17. The Labute approximate surface area is 262 Å². The van der Waals surface area contributed by atoms with E-state index in [4.69, 9.17) is 5.11 Å². The molecule has 0 aliphatic rings. The zero-order valence-corrected chi connectivity index (χ0v) is 24.6. The Morgan fingerprint density at radius 1 is 0.651 bits per heavy atom. The first-order valence-electron chi connectivity index (χ1n) is 12.9. The molecule has 218 valence electrons. The van der Waals surface area contributed by atoms with Crippen molar-refractivity contribution in [2.24, 2.45) is 0 Å². The van der Waals surface area contributed by atoms with Gasteiger partial charge in [-0.2, -0.15) is 0 Å². The topological polar surface area (TPSA) is 152 Å². The van der Waals surface area contributed by atoms with Crippen molar-refractivity contribution in [2.45, 2.75) is 13.8 Å². The van der Waals surface area contributed by atoms with Gasteiger partial charge in [0, 0.05) is 11.1 Å². The number of ether oxygens (including phenoxy) is 1. The Morgan fingerprint density at radius 2 is 1.05 bits per heavy atom. The number of carboxylic acids is 1. The standard InChI is InChI=1S/C17H17NO3.C16H15NO3.Li.H2O/c1-12-10-14(17(20)18-11-16(19)21-2)8-9-15(12)13-6-4-3-5-7-13;1-11-9-13(16(20)17-10-15(18)19)7-8-14(11)12-5-3-2-4-6-12;;/h3-10H,11H2,1-2H3,(H,18,20);2-9H,10H2,1H3,(H,17,20)(H,18,19);;1H2/q;;+1;/p-1. The van der Waals surface area contributed by atoms with Crippen molar-refractivity contribution in [3.05, 3.63) is 119 Å². The number of methoxy groups -OCH3 is 1. The largest absolute Gasteiger partial charge is 1.00 e. The molecule has 4 aromatic carbocycles. The van der Waals surface area contributed by atoms with Crippen molar-refractivity contribution < 1.29 is 53.4 Å². The molecule has 0 saturated heterocycles. The fourth-order valence-electron chi connectivity index (χ4n) is 4.08. The van der Waals surface area contributed by atoms with Crippen LogP contribution in [0.1, 0.15) is 31.8 Å². The van der Waals surface area contributed by atoms with E-state index in [0.717, 1.165) is 33.4 Å². The Kier molecular flexibility index (Phi) is 15.2. The van der Waals surface area contributed by atoms with Crippen molar-refractivity contribution >= 4 is 23.8 Å². The second-order valence-electron chi connectivity index (χ2n) is 9.13. The number of carbonyl (C=O) groups is 4. The molecule has 0 saturated carbocycles. The van der Waals surface area contributed by atoms with Crippen LogP contribution in [0.5, 0.6) is 0 Å². The maximum Gasteiger partial charge on any atom is 1.00 e. The minimum absolute atomic E-state index is 0. The van der Waals surface area contributed by atoms with Gasteiger partial charge in [0.2, 0.25) is 0 Å². The second-order valence-corrected chi connectivity index (χ2v) is 9.13. The molecule has 4 aromatic rings. The van der Waals surface area contributed by atoms with Gasteiger partial charge in [0.05, 0.1) is 7.11 Å². The molecule has 0 bridgehead atoms. The number of nitrogens with one attached hydrogen (secondary N) is 2. The molecule has 43 heavy (non-hydrogen) atoms. The van der Waals surface area contributed by atoms with E-state index >= 15 is 0 Å². The molecule has 0 fully saturated rings. The van der Waals surface area contributed by atoms with Crippen molar-refractivity contribution in [3.63, 3.8) is 0 Å². The van der Waals surface area contributed by atoms with E-state index in [2.05, 4.69) is 15.4 Å². The maximum absolute atomic E-state index is 11.9. The monoisotopic (exact) mass is 576 g/mol. The van der Waals surface area contributed by atoms with E-state index in [-0.39, 0.29) is 49.2 Å². The van der Waals surface area contributed by atoms with Gasteiger partial charge in [-0.15, -0.1) is 0 Å². The van der Waals surface area contributed by atoms with Gasteiger partial charge in [-0.3, -0.25) is 19.2 Å². The predicted octanol–water partition coefficient (Wildman–Crippen LogP) is 1.87. The van der Waals surface area contributed by atoms with Gasteiger partial charge in [0.25, 0.3) is 11.8 Å². The molecule has 0 atom stereocenters. The van der Waals surface area contributed by atoms with Gasteiger partial charge < -0.3 is 26.0 Å². The number of carboxylic acid groups (broad SMARTS) is 1. The van der Waals surface area contributed by atoms with E-state index in [1.165, 1.54) is 7.11 Å². The first kappa shape index (κ1) is 36.3. The molecule has 0 aromatic heterocycles. The number of carbonyl (C=O) groups excluding carboxylic acids is 3. The van der Waals surface area contributed by atoms with Crippen LogP contribution in [0, 0.1) is 13.8 Å². The summed E-state index contributed by atoms with van der Waals surface area (Å²) >= 11 is 0. The molecule has 9 nitrogen and oxygen atoms in total. The summed E-state index contributed by atoms with van der Waals surface area (Å²) in [5.74, 6) is -2.20. The van der Waals surface area contributed by atoms with E-state index in [0.29, 0.717) is 11.1 Å². The third-order valence-corrected chi connectivity index (χ3v) is 6.17. The number of hydrogen-bond acceptors (Lipinski definition) is 6. The van der Waals surface area contributed by atoms with Crippen LogP contribution in [0.4, 0.5) is 0 Å². The molecular weight excluding hydrogens is 543 g/mol. The summed E-state index contributed by atoms with van der Waals surface area (Å²) in [6, 6.07) is 30.7. The number of amides is 2. The van der Waals surface area contributed by atoms with Crippen LogP contribution in [0.15, 0.2) is 97.1 Å². The van der Waals surface area contributed by atoms with Crippen molar-refractivity contribution in [3.8, 4) is 22.3 Å². The SMILES string of the molecule is COC(=O)CNC(=O)c1ccc(-c2ccccc2)c(C)c1.Cc1cc(C(=O)NCC(=O)O)ccc1-c1ccccc1.[Li+].[OH-]. The zero-order valence-electron chi connectivity index (χ0n) is 24.6. The molecule has 0 aliphatic heterocycles. The van der Waals surface area contributed by atoms with Crippen LogP contribution in [-0.2, 0) is 14.3 Å². The molecule has 0 spiro atoms.